The molecule has 0 fully saturated rings. The highest BCUT2D eigenvalue weighted by molar-refractivity contribution is 9.11. The number of halogens is 1. The van der Waals surface area contributed by atoms with Gasteiger partial charge in [0.15, 0.2) is 0 Å². The number of rotatable bonds is 7. The van der Waals surface area contributed by atoms with E-state index in [1.165, 1.54) is 0 Å². The quantitative estimate of drug-likeness (QED) is 0.613. The fourth-order valence-electron chi connectivity index (χ4n) is 2.81. The molecule has 1 amide bonds. The molecule has 3 rings (SSSR count). The van der Waals surface area contributed by atoms with E-state index in [2.05, 4.69) is 31.9 Å². The van der Waals surface area contributed by atoms with Crippen molar-refractivity contribution in [3.8, 4) is 5.75 Å². The van der Waals surface area contributed by atoms with Gasteiger partial charge in [-0.1, -0.05) is 12.1 Å². The van der Waals surface area contributed by atoms with Crippen LogP contribution in [-0.2, 0) is 6.54 Å². The predicted molar refractivity (Wildman–Crippen MR) is 110 cm³/mol. The number of nitrogens with one attached hydrogen (secondary N) is 1. The molecule has 0 bridgehead atoms. The number of thiophene rings is 1. The van der Waals surface area contributed by atoms with E-state index in [0.29, 0.717) is 18.8 Å². The second-order valence-corrected chi connectivity index (χ2v) is 8.79. The number of methoxy groups -OCH3 is 1. The van der Waals surface area contributed by atoms with Crippen molar-refractivity contribution in [2.75, 3.05) is 34.3 Å². The minimum absolute atomic E-state index is 0.0470. The van der Waals surface area contributed by atoms with Crippen molar-refractivity contribution in [1.82, 2.24) is 14.8 Å². The van der Waals surface area contributed by atoms with E-state index in [-0.39, 0.29) is 5.91 Å². The molecular formula is C19H22BrN3O2S. The minimum Gasteiger partial charge on any atom is -0.497 e. The van der Waals surface area contributed by atoms with Crippen molar-refractivity contribution in [1.29, 1.82) is 0 Å². The van der Waals surface area contributed by atoms with Crippen LogP contribution < -0.4 is 10.1 Å². The number of aromatic nitrogens is 1. The zero-order valence-corrected chi connectivity index (χ0v) is 17.5. The predicted octanol–water partition coefficient (Wildman–Crippen LogP) is 3.81. The van der Waals surface area contributed by atoms with Gasteiger partial charge in [-0.05, 0) is 59.9 Å². The van der Waals surface area contributed by atoms with Crippen LogP contribution in [0.4, 0.5) is 0 Å². The summed E-state index contributed by atoms with van der Waals surface area (Å²) in [5, 5.41) is 3.01. The van der Waals surface area contributed by atoms with E-state index in [4.69, 9.17) is 4.74 Å². The first-order valence-electron chi connectivity index (χ1n) is 8.32. The van der Waals surface area contributed by atoms with Crippen molar-refractivity contribution in [3.05, 3.63) is 51.4 Å². The Balaban J connectivity index is 1.91. The number of nitrogens with zero attached hydrogens (tertiary/aromatic N) is 2. The lowest BCUT2D eigenvalue weighted by molar-refractivity contribution is 0.0942. The SMILES string of the molecule is COc1cccc(Cn2c(C(=O)NCCN(C)C)cc3sc(Br)cc32)c1. The normalized spacial score (nSPS) is 11.3. The summed E-state index contributed by atoms with van der Waals surface area (Å²) < 4.78 is 9.54. The summed E-state index contributed by atoms with van der Waals surface area (Å²) in [6.07, 6.45) is 0. The highest BCUT2D eigenvalue weighted by Crippen LogP contribution is 2.33. The smallest absolute Gasteiger partial charge is 0.268 e. The molecule has 0 saturated carbocycles. The second kappa shape index (κ2) is 8.24. The first-order chi connectivity index (χ1) is 12.5. The largest absolute Gasteiger partial charge is 0.497 e. The summed E-state index contributed by atoms with van der Waals surface area (Å²) in [5.41, 5.74) is 2.83. The molecule has 5 nitrogen and oxygen atoms in total. The lowest BCUT2D eigenvalue weighted by atomic mass is 10.2. The summed E-state index contributed by atoms with van der Waals surface area (Å²) in [7, 11) is 5.64. The van der Waals surface area contributed by atoms with E-state index < -0.39 is 0 Å². The molecule has 0 saturated heterocycles. The Morgan fingerprint density at radius 1 is 1.31 bits per heavy atom. The number of hydrogen-bond acceptors (Lipinski definition) is 4. The Labute approximate surface area is 165 Å². The molecule has 0 unspecified atom stereocenters. The summed E-state index contributed by atoms with van der Waals surface area (Å²) in [6, 6.07) is 12.0. The number of hydrogen-bond donors (Lipinski definition) is 1. The molecule has 2 aromatic heterocycles. The highest BCUT2D eigenvalue weighted by Gasteiger charge is 2.18. The fraction of sp³-hybridized carbons (Fsp3) is 0.316. The van der Waals surface area contributed by atoms with Crippen LogP contribution in [0, 0.1) is 0 Å². The van der Waals surface area contributed by atoms with Crippen molar-refractivity contribution in [2.45, 2.75) is 6.54 Å². The molecule has 1 N–H and O–H groups in total. The van der Waals surface area contributed by atoms with E-state index in [0.717, 1.165) is 31.9 Å². The number of carbonyl (C=O) groups is 1. The monoisotopic (exact) mass is 435 g/mol. The Kier molecular flexibility index (Phi) is 6.01. The maximum atomic E-state index is 12.7. The standard InChI is InChI=1S/C19H22BrN3O2S/c1-22(2)8-7-21-19(24)16-10-17-15(11-18(20)26-17)23(16)12-13-5-4-6-14(9-13)25-3/h4-6,9-11H,7-8,12H2,1-3H3,(H,21,24). The van der Waals surface area contributed by atoms with Gasteiger partial charge in [0.1, 0.15) is 11.4 Å². The number of likely N-dealkylation sites (N-methyl/N-ethyl adjacent to an activating group) is 1. The van der Waals surface area contributed by atoms with Crippen LogP contribution in [0.15, 0.2) is 40.2 Å². The molecule has 0 atom stereocenters. The molecule has 2 heterocycles. The first-order valence-corrected chi connectivity index (χ1v) is 9.93. The van der Waals surface area contributed by atoms with E-state index >= 15 is 0 Å². The number of carbonyl (C=O) groups excluding carboxylic acids is 1. The molecule has 0 aliphatic rings. The Hall–Kier alpha value is -1.83. The molecule has 3 aromatic rings. The third-order valence-electron chi connectivity index (χ3n) is 4.11. The summed E-state index contributed by atoms with van der Waals surface area (Å²) in [4.78, 5) is 14.8. The molecule has 1 aromatic carbocycles. The Morgan fingerprint density at radius 2 is 2.12 bits per heavy atom. The van der Waals surface area contributed by atoms with Crippen molar-refractivity contribution in [2.24, 2.45) is 0 Å². The van der Waals surface area contributed by atoms with Crippen LogP contribution in [0.1, 0.15) is 16.1 Å². The van der Waals surface area contributed by atoms with Gasteiger partial charge in [-0.15, -0.1) is 11.3 Å². The summed E-state index contributed by atoms with van der Waals surface area (Å²) >= 11 is 5.18. The highest BCUT2D eigenvalue weighted by atomic mass is 79.9. The molecule has 7 heteroatoms. The van der Waals surface area contributed by atoms with Crippen molar-refractivity contribution in [3.63, 3.8) is 0 Å². The molecule has 0 spiro atoms. The van der Waals surface area contributed by atoms with Crippen LogP contribution in [-0.4, -0.2) is 49.7 Å². The maximum Gasteiger partial charge on any atom is 0.268 e. The third kappa shape index (κ3) is 4.28. The average molecular weight is 436 g/mol. The third-order valence-corrected chi connectivity index (χ3v) is 5.69. The lowest BCUT2D eigenvalue weighted by Gasteiger charge is -2.13. The fourth-order valence-corrected chi connectivity index (χ4v) is 4.37. The second-order valence-electron chi connectivity index (χ2n) is 6.33. The zero-order chi connectivity index (χ0) is 18.7. The molecule has 0 aliphatic heterocycles. The molecule has 0 radical (unpaired) electrons. The molecule has 138 valence electrons. The van der Waals surface area contributed by atoms with Gasteiger partial charge in [-0.2, -0.15) is 0 Å². The van der Waals surface area contributed by atoms with Gasteiger partial charge in [0.2, 0.25) is 0 Å². The van der Waals surface area contributed by atoms with Crippen molar-refractivity contribution < 1.29 is 9.53 Å². The van der Waals surface area contributed by atoms with Gasteiger partial charge in [0.25, 0.3) is 5.91 Å². The van der Waals surface area contributed by atoms with Gasteiger partial charge in [-0.3, -0.25) is 4.79 Å². The number of amides is 1. The maximum absolute atomic E-state index is 12.7. The van der Waals surface area contributed by atoms with Crippen LogP contribution in [0.5, 0.6) is 5.75 Å². The lowest BCUT2D eigenvalue weighted by Crippen LogP contribution is -2.32. The molecule has 26 heavy (non-hydrogen) atoms. The topological polar surface area (TPSA) is 46.5 Å². The van der Waals surface area contributed by atoms with Gasteiger partial charge in [0.05, 0.1) is 21.1 Å². The Morgan fingerprint density at radius 3 is 2.85 bits per heavy atom. The van der Waals surface area contributed by atoms with E-state index in [1.54, 1.807) is 18.4 Å². The molecular weight excluding hydrogens is 414 g/mol. The van der Waals surface area contributed by atoms with Gasteiger partial charge >= 0.3 is 0 Å². The number of ether oxygens (including phenoxy) is 1. The number of benzene rings is 1. The average Bonchev–Trinajstić information content (AvgIpc) is 3.12. The summed E-state index contributed by atoms with van der Waals surface area (Å²) in [6.45, 7) is 2.04. The first kappa shape index (κ1) is 18.9. The summed E-state index contributed by atoms with van der Waals surface area (Å²) in [5.74, 6) is 0.767. The van der Waals surface area contributed by atoms with E-state index in [9.17, 15) is 4.79 Å². The zero-order valence-electron chi connectivity index (χ0n) is 15.1. The van der Waals surface area contributed by atoms with Gasteiger partial charge in [0, 0.05) is 19.6 Å². The van der Waals surface area contributed by atoms with Crippen LogP contribution in [0.3, 0.4) is 0 Å². The van der Waals surface area contributed by atoms with Crippen molar-refractivity contribution >= 4 is 43.4 Å². The van der Waals surface area contributed by atoms with Gasteiger partial charge < -0.3 is 19.5 Å². The van der Waals surface area contributed by atoms with Crippen LogP contribution in [0.2, 0.25) is 0 Å². The minimum atomic E-state index is -0.0470. The van der Waals surface area contributed by atoms with Crippen LogP contribution >= 0.6 is 27.3 Å². The van der Waals surface area contributed by atoms with Crippen LogP contribution in [0.25, 0.3) is 10.2 Å². The van der Waals surface area contributed by atoms with E-state index in [1.807, 2.05) is 49.3 Å². The van der Waals surface area contributed by atoms with Gasteiger partial charge in [-0.25, -0.2) is 0 Å². The molecule has 0 aliphatic carbocycles. The Bertz CT molecular complexity index is 917. The number of fused-ring (bicyclic) bond motifs is 1.